The third-order valence-corrected chi connectivity index (χ3v) is 4.04. The summed E-state index contributed by atoms with van der Waals surface area (Å²) in [5.41, 5.74) is 1.87. The van der Waals surface area contributed by atoms with E-state index in [0.29, 0.717) is 12.0 Å². The molecule has 2 atom stereocenters. The summed E-state index contributed by atoms with van der Waals surface area (Å²) in [6, 6.07) is 8.19. The molecule has 2 aliphatic rings. The summed E-state index contributed by atoms with van der Waals surface area (Å²) in [6.45, 7) is 0.880. The van der Waals surface area contributed by atoms with Gasteiger partial charge in [0, 0.05) is 29.2 Å². The monoisotopic (exact) mass is 238 g/mol. The molecule has 2 aromatic rings. The van der Waals surface area contributed by atoms with Crippen LogP contribution in [0.2, 0.25) is 0 Å². The SMILES string of the molecule is O=C(c1ccc2[nH]ccc2c1)N1CC2C=CC1C2. The molecule has 1 fully saturated rings. The molecule has 0 spiro atoms. The second-order valence-corrected chi connectivity index (χ2v) is 5.19. The van der Waals surface area contributed by atoms with Crippen molar-refractivity contribution in [1.29, 1.82) is 0 Å². The molecule has 1 aromatic carbocycles. The van der Waals surface area contributed by atoms with Crippen LogP contribution in [0.4, 0.5) is 0 Å². The Morgan fingerprint density at radius 2 is 2.22 bits per heavy atom. The van der Waals surface area contributed by atoms with E-state index in [1.807, 2.05) is 35.4 Å². The lowest BCUT2D eigenvalue weighted by atomic mass is 10.1. The number of rotatable bonds is 1. The maximum atomic E-state index is 12.5. The highest BCUT2D eigenvalue weighted by Crippen LogP contribution is 2.32. The van der Waals surface area contributed by atoms with Crippen molar-refractivity contribution in [2.45, 2.75) is 12.5 Å². The second-order valence-electron chi connectivity index (χ2n) is 5.19. The number of nitrogens with one attached hydrogen (secondary N) is 1. The number of H-pyrrole nitrogens is 1. The molecule has 18 heavy (non-hydrogen) atoms. The van der Waals surface area contributed by atoms with E-state index in [9.17, 15) is 4.79 Å². The average molecular weight is 238 g/mol. The van der Waals surface area contributed by atoms with Crippen LogP contribution in [0.3, 0.4) is 0 Å². The molecule has 4 rings (SSSR count). The molecule has 1 saturated heterocycles. The van der Waals surface area contributed by atoms with Crippen LogP contribution in [0.15, 0.2) is 42.6 Å². The molecule has 1 aromatic heterocycles. The minimum absolute atomic E-state index is 0.162. The largest absolute Gasteiger partial charge is 0.361 e. The van der Waals surface area contributed by atoms with Crippen LogP contribution in [0.1, 0.15) is 16.8 Å². The molecule has 3 heteroatoms. The van der Waals surface area contributed by atoms with Gasteiger partial charge in [-0.2, -0.15) is 0 Å². The number of carbonyl (C=O) groups excluding carboxylic acids is 1. The Labute approximate surface area is 105 Å². The summed E-state index contributed by atoms with van der Waals surface area (Å²) in [7, 11) is 0. The fraction of sp³-hybridized carbons (Fsp3) is 0.267. The summed E-state index contributed by atoms with van der Waals surface area (Å²) >= 11 is 0. The minimum atomic E-state index is 0.162. The number of aromatic nitrogens is 1. The van der Waals surface area contributed by atoms with E-state index in [1.54, 1.807) is 0 Å². The molecule has 2 bridgehead atoms. The first-order valence-corrected chi connectivity index (χ1v) is 6.38. The first kappa shape index (κ1) is 9.95. The smallest absolute Gasteiger partial charge is 0.254 e. The van der Waals surface area contributed by atoms with E-state index in [1.165, 1.54) is 0 Å². The standard InChI is InChI=1S/C15H14N2O/c18-15(17-9-10-1-3-13(17)7-10)12-2-4-14-11(8-12)5-6-16-14/h1-6,8,10,13,16H,7,9H2. The zero-order valence-corrected chi connectivity index (χ0v) is 9.97. The van der Waals surface area contributed by atoms with Crippen LogP contribution in [-0.4, -0.2) is 28.4 Å². The lowest BCUT2D eigenvalue weighted by Crippen LogP contribution is -2.35. The van der Waals surface area contributed by atoms with Crippen molar-refractivity contribution in [2.75, 3.05) is 6.54 Å². The number of carbonyl (C=O) groups is 1. The van der Waals surface area contributed by atoms with Gasteiger partial charge in [-0.25, -0.2) is 0 Å². The maximum absolute atomic E-state index is 12.5. The van der Waals surface area contributed by atoms with E-state index >= 15 is 0 Å². The van der Waals surface area contributed by atoms with Gasteiger partial charge < -0.3 is 9.88 Å². The van der Waals surface area contributed by atoms with Gasteiger partial charge in [0.05, 0.1) is 6.04 Å². The van der Waals surface area contributed by atoms with Gasteiger partial charge in [0.15, 0.2) is 0 Å². The Bertz CT molecular complexity index is 655. The minimum Gasteiger partial charge on any atom is -0.361 e. The number of hydrogen-bond acceptors (Lipinski definition) is 1. The molecular formula is C15H14N2O. The first-order chi connectivity index (χ1) is 8.81. The molecule has 0 radical (unpaired) electrons. The highest BCUT2D eigenvalue weighted by atomic mass is 16.2. The number of likely N-dealkylation sites (tertiary alicyclic amines) is 1. The molecule has 90 valence electrons. The van der Waals surface area contributed by atoms with Crippen LogP contribution < -0.4 is 0 Å². The number of amides is 1. The quantitative estimate of drug-likeness (QED) is 0.761. The van der Waals surface area contributed by atoms with E-state index in [2.05, 4.69) is 17.1 Å². The predicted octanol–water partition coefficient (Wildman–Crippen LogP) is 2.57. The number of fused-ring (bicyclic) bond motifs is 3. The maximum Gasteiger partial charge on any atom is 0.254 e. The first-order valence-electron chi connectivity index (χ1n) is 6.38. The Morgan fingerprint density at radius 3 is 3.00 bits per heavy atom. The zero-order valence-electron chi connectivity index (χ0n) is 9.97. The zero-order chi connectivity index (χ0) is 12.1. The molecule has 1 aliphatic carbocycles. The molecular weight excluding hydrogens is 224 g/mol. The fourth-order valence-electron chi connectivity index (χ4n) is 3.09. The van der Waals surface area contributed by atoms with Crippen molar-refractivity contribution in [2.24, 2.45) is 5.92 Å². The Balaban J connectivity index is 1.69. The lowest BCUT2D eigenvalue weighted by Gasteiger charge is -2.24. The third-order valence-electron chi connectivity index (χ3n) is 4.04. The van der Waals surface area contributed by atoms with Crippen LogP contribution in [0.25, 0.3) is 10.9 Å². The third kappa shape index (κ3) is 1.33. The number of hydrogen-bond donors (Lipinski definition) is 1. The van der Waals surface area contributed by atoms with Gasteiger partial charge in [0.2, 0.25) is 0 Å². The molecule has 1 amide bonds. The second kappa shape index (κ2) is 3.48. The number of aromatic amines is 1. The predicted molar refractivity (Wildman–Crippen MR) is 70.4 cm³/mol. The van der Waals surface area contributed by atoms with E-state index < -0.39 is 0 Å². The molecule has 1 N–H and O–H groups in total. The van der Waals surface area contributed by atoms with Crippen molar-refractivity contribution in [3.8, 4) is 0 Å². The molecule has 0 saturated carbocycles. The highest BCUT2D eigenvalue weighted by molar-refractivity contribution is 5.98. The van der Waals surface area contributed by atoms with Gasteiger partial charge in [0.1, 0.15) is 0 Å². The number of nitrogens with zero attached hydrogens (tertiary/aromatic N) is 1. The summed E-state index contributed by atoms with van der Waals surface area (Å²) in [6.07, 6.45) is 7.42. The number of benzene rings is 1. The molecule has 1 aliphatic heterocycles. The van der Waals surface area contributed by atoms with Gasteiger partial charge >= 0.3 is 0 Å². The van der Waals surface area contributed by atoms with Crippen LogP contribution >= 0.6 is 0 Å². The summed E-state index contributed by atoms with van der Waals surface area (Å²) < 4.78 is 0. The Kier molecular flexibility index (Phi) is 1.92. The summed E-state index contributed by atoms with van der Waals surface area (Å²) in [5.74, 6) is 0.741. The molecule has 2 unspecified atom stereocenters. The fourth-order valence-corrected chi connectivity index (χ4v) is 3.09. The Hall–Kier alpha value is -2.03. The average Bonchev–Trinajstić information content (AvgIpc) is 3.12. The van der Waals surface area contributed by atoms with Crippen LogP contribution in [0.5, 0.6) is 0 Å². The van der Waals surface area contributed by atoms with Crippen LogP contribution in [-0.2, 0) is 0 Å². The van der Waals surface area contributed by atoms with Crippen molar-refractivity contribution in [1.82, 2.24) is 9.88 Å². The van der Waals surface area contributed by atoms with E-state index in [-0.39, 0.29) is 5.91 Å². The Morgan fingerprint density at radius 1 is 1.28 bits per heavy atom. The topological polar surface area (TPSA) is 36.1 Å². The highest BCUT2D eigenvalue weighted by Gasteiger charge is 2.36. The van der Waals surface area contributed by atoms with Crippen molar-refractivity contribution in [3.63, 3.8) is 0 Å². The van der Waals surface area contributed by atoms with Crippen LogP contribution in [0, 0.1) is 5.92 Å². The summed E-state index contributed by atoms with van der Waals surface area (Å²) in [4.78, 5) is 17.6. The van der Waals surface area contributed by atoms with Gasteiger partial charge in [-0.15, -0.1) is 0 Å². The van der Waals surface area contributed by atoms with Gasteiger partial charge in [-0.1, -0.05) is 12.2 Å². The van der Waals surface area contributed by atoms with Gasteiger partial charge in [-0.3, -0.25) is 4.79 Å². The normalized spacial score (nSPS) is 25.2. The lowest BCUT2D eigenvalue weighted by molar-refractivity contribution is 0.0754. The van der Waals surface area contributed by atoms with E-state index in [0.717, 1.165) is 29.4 Å². The molecule has 2 heterocycles. The van der Waals surface area contributed by atoms with E-state index in [4.69, 9.17) is 0 Å². The van der Waals surface area contributed by atoms with Crippen molar-refractivity contribution in [3.05, 3.63) is 48.2 Å². The summed E-state index contributed by atoms with van der Waals surface area (Å²) in [5, 5.41) is 1.10. The van der Waals surface area contributed by atoms with Gasteiger partial charge in [-0.05, 0) is 36.6 Å². The van der Waals surface area contributed by atoms with Crippen molar-refractivity contribution >= 4 is 16.8 Å². The van der Waals surface area contributed by atoms with Gasteiger partial charge in [0.25, 0.3) is 5.91 Å². The molecule has 3 nitrogen and oxygen atoms in total. The van der Waals surface area contributed by atoms with Crippen molar-refractivity contribution < 1.29 is 4.79 Å².